The van der Waals surface area contributed by atoms with Crippen molar-refractivity contribution in [1.82, 2.24) is 14.4 Å². The molecule has 5 nitrogen and oxygen atoms in total. The van der Waals surface area contributed by atoms with Crippen molar-refractivity contribution in [2.75, 3.05) is 7.11 Å². The molecule has 0 atom stereocenters. The van der Waals surface area contributed by atoms with Gasteiger partial charge in [0.1, 0.15) is 5.75 Å². The second-order valence-corrected chi connectivity index (χ2v) is 4.80. The zero-order valence-electron chi connectivity index (χ0n) is 11.0. The van der Waals surface area contributed by atoms with E-state index in [1.165, 1.54) is 0 Å². The number of nitrogens with zero attached hydrogens (tertiary/aromatic N) is 3. The Hall–Kier alpha value is -2.27. The fourth-order valence-electron chi connectivity index (χ4n) is 2.18. The van der Waals surface area contributed by atoms with Crippen LogP contribution in [0.4, 0.5) is 0 Å². The van der Waals surface area contributed by atoms with Gasteiger partial charge in [-0.1, -0.05) is 11.6 Å². The summed E-state index contributed by atoms with van der Waals surface area (Å²) in [7, 11) is 1.55. The van der Waals surface area contributed by atoms with Gasteiger partial charge in [-0.3, -0.25) is 4.40 Å². The number of methoxy groups -OCH3 is 1. The summed E-state index contributed by atoms with van der Waals surface area (Å²) in [6, 6.07) is 3.36. The average molecular weight is 290 g/mol. The van der Waals surface area contributed by atoms with Crippen LogP contribution in [0.3, 0.4) is 0 Å². The SMILES string of the molecule is COc1nccn2c(-c3cc(Cl)c(O)cc3C)cnc12. The maximum Gasteiger partial charge on any atom is 0.258 e. The zero-order chi connectivity index (χ0) is 14.3. The molecule has 20 heavy (non-hydrogen) atoms. The van der Waals surface area contributed by atoms with Crippen LogP contribution in [-0.2, 0) is 0 Å². The standard InChI is InChI=1S/C14H12ClN3O2/c1-8-5-12(19)10(15)6-9(8)11-7-17-13-14(20-2)16-3-4-18(11)13/h3-7,19H,1-2H3. The predicted molar refractivity (Wildman–Crippen MR) is 76.4 cm³/mol. The lowest BCUT2D eigenvalue weighted by atomic mass is 10.1. The van der Waals surface area contributed by atoms with Crippen LogP contribution in [0.2, 0.25) is 5.02 Å². The molecule has 1 aromatic carbocycles. The van der Waals surface area contributed by atoms with Gasteiger partial charge in [-0.2, -0.15) is 0 Å². The first-order valence-corrected chi connectivity index (χ1v) is 6.35. The molecule has 0 saturated carbocycles. The van der Waals surface area contributed by atoms with Crippen LogP contribution in [0.25, 0.3) is 16.9 Å². The largest absolute Gasteiger partial charge is 0.506 e. The van der Waals surface area contributed by atoms with E-state index in [1.807, 2.05) is 11.3 Å². The highest BCUT2D eigenvalue weighted by Gasteiger charge is 2.14. The minimum Gasteiger partial charge on any atom is -0.506 e. The molecular weight excluding hydrogens is 278 g/mol. The summed E-state index contributed by atoms with van der Waals surface area (Å²) >= 11 is 6.00. The van der Waals surface area contributed by atoms with Crippen molar-refractivity contribution in [2.24, 2.45) is 0 Å². The lowest BCUT2D eigenvalue weighted by molar-refractivity contribution is 0.400. The highest BCUT2D eigenvalue weighted by molar-refractivity contribution is 6.32. The van der Waals surface area contributed by atoms with Crippen molar-refractivity contribution >= 4 is 17.2 Å². The van der Waals surface area contributed by atoms with Crippen molar-refractivity contribution in [3.63, 3.8) is 0 Å². The lowest BCUT2D eigenvalue weighted by Crippen LogP contribution is -1.95. The molecule has 0 bridgehead atoms. The van der Waals surface area contributed by atoms with Gasteiger partial charge in [0, 0.05) is 18.0 Å². The van der Waals surface area contributed by atoms with Gasteiger partial charge in [0.2, 0.25) is 5.65 Å². The van der Waals surface area contributed by atoms with Gasteiger partial charge in [0.15, 0.2) is 0 Å². The molecule has 0 amide bonds. The van der Waals surface area contributed by atoms with Gasteiger partial charge in [-0.05, 0) is 24.6 Å². The minimum absolute atomic E-state index is 0.0704. The van der Waals surface area contributed by atoms with Crippen LogP contribution >= 0.6 is 11.6 Å². The second-order valence-electron chi connectivity index (χ2n) is 4.39. The van der Waals surface area contributed by atoms with E-state index >= 15 is 0 Å². The van der Waals surface area contributed by atoms with Gasteiger partial charge < -0.3 is 9.84 Å². The molecule has 0 spiro atoms. The zero-order valence-corrected chi connectivity index (χ0v) is 11.7. The molecule has 102 valence electrons. The van der Waals surface area contributed by atoms with Crippen molar-refractivity contribution in [3.05, 3.63) is 41.3 Å². The van der Waals surface area contributed by atoms with Crippen LogP contribution in [-0.4, -0.2) is 26.6 Å². The van der Waals surface area contributed by atoms with Gasteiger partial charge in [0.25, 0.3) is 5.88 Å². The summed E-state index contributed by atoms with van der Waals surface area (Å²) in [4.78, 5) is 8.44. The number of halogens is 1. The summed E-state index contributed by atoms with van der Waals surface area (Å²) in [5.74, 6) is 0.530. The minimum atomic E-state index is 0.0704. The maximum absolute atomic E-state index is 9.63. The van der Waals surface area contributed by atoms with E-state index in [0.717, 1.165) is 16.8 Å². The summed E-state index contributed by atoms with van der Waals surface area (Å²) in [5, 5.41) is 9.94. The Kier molecular flexibility index (Phi) is 2.99. The highest BCUT2D eigenvalue weighted by Crippen LogP contribution is 2.33. The fourth-order valence-corrected chi connectivity index (χ4v) is 2.34. The Bertz CT molecular complexity index is 798. The predicted octanol–water partition coefficient (Wildman–Crippen LogP) is 3.07. The van der Waals surface area contributed by atoms with Crippen LogP contribution in [0, 0.1) is 6.92 Å². The Morgan fingerprint density at radius 2 is 2.10 bits per heavy atom. The molecule has 0 unspecified atom stereocenters. The molecule has 0 aliphatic rings. The van der Waals surface area contributed by atoms with E-state index < -0.39 is 0 Å². The second kappa shape index (κ2) is 4.68. The molecule has 0 aliphatic carbocycles. The van der Waals surface area contributed by atoms with Crippen LogP contribution in [0.15, 0.2) is 30.7 Å². The topological polar surface area (TPSA) is 59.7 Å². The van der Waals surface area contributed by atoms with Gasteiger partial charge >= 0.3 is 0 Å². The number of aromatic nitrogens is 3. The molecule has 3 aromatic rings. The number of phenols is 1. The number of ether oxygens (including phenoxy) is 1. The van der Waals surface area contributed by atoms with E-state index in [0.29, 0.717) is 16.5 Å². The number of hydrogen-bond acceptors (Lipinski definition) is 4. The number of aryl methyl sites for hydroxylation is 1. The molecule has 0 aliphatic heterocycles. The number of aromatic hydroxyl groups is 1. The monoisotopic (exact) mass is 289 g/mol. The normalized spacial score (nSPS) is 10.9. The van der Waals surface area contributed by atoms with Crippen molar-refractivity contribution in [2.45, 2.75) is 6.92 Å². The number of imidazole rings is 1. The third-order valence-electron chi connectivity index (χ3n) is 3.16. The van der Waals surface area contributed by atoms with Gasteiger partial charge in [-0.25, -0.2) is 9.97 Å². The third kappa shape index (κ3) is 1.87. The summed E-state index contributed by atoms with van der Waals surface area (Å²) in [6.07, 6.45) is 5.18. The summed E-state index contributed by atoms with van der Waals surface area (Å²) in [5.41, 5.74) is 3.30. The summed E-state index contributed by atoms with van der Waals surface area (Å²) < 4.78 is 7.07. The van der Waals surface area contributed by atoms with E-state index in [4.69, 9.17) is 16.3 Å². The Labute approximate surface area is 120 Å². The molecule has 2 heterocycles. The van der Waals surface area contributed by atoms with E-state index in [9.17, 15) is 5.11 Å². The van der Waals surface area contributed by atoms with Gasteiger partial charge in [0.05, 0.1) is 24.0 Å². The van der Waals surface area contributed by atoms with E-state index in [-0.39, 0.29) is 5.75 Å². The Balaban J connectivity index is 2.28. The van der Waals surface area contributed by atoms with Crippen LogP contribution in [0.5, 0.6) is 11.6 Å². The Morgan fingerprint density at radius 1 is 1.30 bits per heavy atom. The fraction of sp³-hybridized carbons (Fsp3) is 0.143. The third-order valence-corrected chi connectivity index (χ3v) is 3.46. The lowest BCUT2D eigenvalue weighted by Gasteiger charge is -2.08. The first-order chi connectivity index (χ1) is 9.61. The quantitative estimate of drug-likeness (QED) is 0.787. The smallest absolute Gasteiger partial charge is 0.258 e. The average Bonchev–Trinajstić information content (AvgIpc) is 2.86. The van der Waals surface area contributed by atoms with Crippen molar-refractivity contribution in [3.8, 4) is 22.9 Å². The van der Waals surface area contributed by atoms with Crippen molar-refractivity contribution < 1.29 is 9.84 Å². The number of benzene rings is 1. The van der Waals surface area contributed by atoms with Gasteiger partial charge in [-0.15, -0.1) is 0 Å². The molecule has 1 N–H and O–H groups in total. The number of rotatable bonds is 2. The highest BCUT2D eigenvalue weighted by atomic mass is 35.5. The molecule has 0 saturated heterocycles. The molecule has 0 radical (unpaired) electrons. The van der Waals surface area contributed by atoms with E-state index in [1.54, 1.807) is 37.8 Å². The number of hydrogen-bond donors (Lipinski definition) is 1. The maximum atomic E-state index is 9.63. The van der Waals surface area contributed by atoms with Crippen LogP contribution in [0.1, 0.15) is 5.56 Å². The summed E-state index contributed by atoms with van der Waals surface area (Å²) in [6.45, 7) is 1.91. The first kappa shape index (κ1) is 12.7. The molecule has 6 heteroatoms. The molecule has 2 aromatic heterocycles. The van der Waals surface area contributed by atoms with Crippen molar-refractivity contribution in [1.29, 1.82) is 0 Å². The molecule has 3 rings (SSSR count). The first-order valence-electron chi connectivity index (χ1n) is 5.97. The Morgan fingerprint density at radius 3 is 2.85 bits per heavy atom. The van der Waals surface area contributed by atoms with Crippen LogP contribution < -0.4 is 4.74 Å². The molecular formula is C14H12ClN3O2. The number of phenolic OH excluding ortho intramolecular Hbond substituents is 1. The molecule has 0 fully saturated rings. The number of fused-ring (bicyclic) bond motifs is 1. The van der Waals surface area contributed by atoms with E-state index in [2.05, 4.69) is 9.97 Å².